The van der Waals surface area contributed by atoms with Gasteiger partial charge in [-0.05, 0) is 48.7 Å². The van der Waals surface area contributed by atoms with Gasteiger partial charge in [0.2, 0.25) is 0 Å². The Balaban J connectivity index is 1.88. The van der Waals surface area contributed by atoms with Crippen molar-refractivity contribution in [3.05, 3.63) is 59.2 Å². The number of carbonyl (C=O) groups excluding carboxylic acids is 2. The highest BCUT2D eigenvalue weighted by molar-refractivity contribution is 6.46. The Labute approximate surface area is 180 Å². The molecule has 1 saturated heterocycles. The molecule has 31 heavy (non-hydrogen) atoms. The lowest BCUT2D eigenvalue weighted by atomic mass is 9.94. The van der Waals surface area contributed by atoms with Crippen LogP contribution in [0.5, 0.6) is 17.2 Å². The number of amides is 1. The zero-order valence-corrected chi connectivity index (χ0v) is 17.5. The molecular weight excluding hydrogens is 398 g/mol. The van der Waals surface area contributed by atoms with Crippen LogP contribution in [-0.2, 0) is 9.59 Å². The van der Waals surface area contributed by atoms with Gasteiger partial charge in [-0.3, -0.25) is 9.59 Å². The Morgan fingerprint density at radius 2 is 1.61 bits per heavy atom. The fourth-order valence-corrected chi connectivity index (χ4v) is 4.53. The summed E-state index contributed by atoms with van der Waals surface area (Å²) in [6.45, 7) is 0. The van der Waals surface area contributed by atoms with Gasteiger partial charge in [0.15, 0.2) is 11.5 Å². The van der Waals surface area contributed by atoms with E-state index < -0.39 is 17.7 Å². The molecule has 4 rings (SSSR count). The molecule has 7 heteroatoms. The molecule has 2 aromatic carbocycles. The molecule has 0 spiro atoms. The zero-order chi connectivity index (χ0) is 22.1. The van der Waals surface area contributed by atoms with Crippen molar-refractivity contribution in [3.8, 4) is 17.2 Å². The number of hydrogen-bond donors (Lipinski definition) is 2. The van der Waals surface area contributed by atoms with Gasteiger partial charge in [0.1, 0.15) is 11.5 Å². The number of methoxy groups -OCH3 is 2. The standard InChI is InChI=1S/C24H25NO6/c1-30-18-12-9-15(13-19(18)31-2)22(27)20-21(14-7-10-17(26)11-8-14)25(24(29)23(20)28)16-5-3-4-6-16/h7-13,16,21,26-27H,3-6H2,1-2H3/b22-20-. The van der Waals surface area contributed by atoms with E-state index in [0.717, 1.165) is 25.7 Å². The first kappa shape index (κ1) is 20.8. The number of phenols is 1. The van der Waals surface area contributed by atoms with Crippen molar-refractivity contribution in [3.63, 3.8) is 0 Å². The number of ether oxygens (including phenoxy) is 2. The number of aromatic hydroxyl groups is 1. The molecule has 0 bridgehead atoms. The van der Waals surface area contributed by atoms with Crippen LogP contribution in [-0.4, -0.2) is 47.1 Å². The largest absolute Gasteiger partial charge is 0.508 e. The first-order valence-electron chi connectivity index (χ1n) is 10.3. The fraction of sp³-hybridized carbons (Fsp3) is 0.333. The quantitative estimate of drug-likeness (QED) is 0.432. The van der Waals surface area contributed by atoms with Crippen LogP contribution in [0.3, 0.4) is 0 Å². The number of ketones is 1. The Kier molecular flexibility index (Phi) is 5.59. The van der Waals surface area contributed by atoms with E-state index in [4.69, 9.17) is 9.47 Å². The van der Waals surface area contributed by atoms with E-state index in [1.54, 1.807) is 35.2 Å². The number of Topliss-reactive ketones (excluding diaryl/α,β-unsaturated/α-hetero) is 1. The van der Waals surface area contributed by atoms with Crippen molar-refractivity contribution in [2.75, 3.05) is 14.2 Å². The van der Waals surface area contributed by atoms with Gasteiger partial charge in [0.05, 0.1) is 25.8 Å². The minimum absolute atomic E-state index is 0.0369. The van der Waals surface area contributed by atoms with Crippen molar-refractivity contribution in [1.82, 2.24) is 4.90 Å². The molecule has 7 nitrogen and oxygen atoms in total. The second kappa shape index (κ2) is 8.34. The van der Waals surface area contributed by atoms with Crippen LogP contribution in [0, 0.1) is 0 Å². The average Bonchev–Trinajstić information content (AvgIpc) is 3.40. The number of likely N-dealkylation sites (tertiary alicyclic amines) is 1. The van der Waals surface area contributed by atoms with Crippen molar-refractivity contribution in [2.45, 2.75) is 37.8 Å². The number of aliphatic hydroxyl groups is 1. The molecule has 2 fully saturated rings. The van der Waals surface area contributed by atoms with Crippen LogP contribution in [0.4, 0.5) is 0 Å². The number of rotatable bonds is 5. The Morgan fingerprint density at radius 3 is 2.23 bits per heavy atom. The second-order valence-corrected chi connectivity index (χ2v) is 7.81. The molecule has 1 aliphatic heterocycles. The van der Waals surface area contributed by atoms with Gasteiger partial charge in [-0.1, -0.05) is 25.0 Å². The smallest absolute Gasteiger partial charge is 0.295 e. The zero-order valence-electron chi connectivity index (χ0n) is 17.5. The molecule has 1 heterocycles. The normalized spacial score (nSPS) is 21.0. The van der Waals surface area contributed by atoms with Crippen molar-refractivity contribution < 1.29 is 29.3 Å². The molecule has 1 unspecified atom stereocenters. The van der Waals surface area contributed by atoms with Crippen molar-refractivity contribution in [1.29, 1.82) is 0 Å². The summed E-state index contributed by atoms with van der Waals surface area (Å²) in [5.41, 5.74) is 1.05. The van der Waals surface area contributed by atoms with E-state index in [-0.39, 0.29) is 23.1 Å². The second-order valence-electron chi connectivity index (χ2n) is 7.81. The summed E-state index contributed by atoms with van der Waals surface area (Å²) >= 11 is 0. The number of nitrogens with zero attached hydrogens (tertiary/aromatic N) is 1. The van der Waals surface area contributed by atoms with Gasteiger partial charge in [0, 0.05) is 11.6 Å². The van der Waals surface area contributed by atoms with E-state index in [1.165, 1.54) is 26.4 Å². The molecule has 0 radical (unpaired) electrons. The molecule has 2 aliphatic rings. The summed E-state index contributed by atoms with van der Waals surface area (Å²) in [5, 5.41) is 20.9. The van der Waals surface area contributed by atoms with E-state index >= 15 is 0 Å². The highest BCUT2D eigenvalue weighted by atomic mass is 16.5. The Bertz CT molecular complexity index is 1040. The predicted octanol–water partition coefficient (Wildman–Crippen LogP) is 3.77. The summed E-state index contributed by atoms with van der Waals surface area (Å²) in [7, 11) is 2.99. The summed E-state index contributed by atoms with van der Waals surface area (Å²) in [5.74, 6) is -0.609. The maximum atomic E-state index is 13.1. The third-order valence-electron chi connectivity index (χ3n) is 6.06. The van der Waals surface area contributed by atoms with Crippen LogP contribution in [0.1, 0.15) is 42.9 Å². The summed E-state index contributed by atoms with van der Waals surface area (Å²) in [6, 6.07) is 10.4. The Hall–Kier alpha value is -3.48. The van der Waals surface area contributed by atoms with Gasteiger partial charge in [-0.25, -0.2) is 0 Å². The lowest BCUT2D eigenvalue weighted by Crippen LogP contribution is -2.37. The average molecular weight is 423 g/mol. The van der Waals surface area contributed by atoms with Crippen LogP contribution >= 0.6 is 0 Å². The fourth-order valence-electron chi connectivity index (χ4n) is 4.53. The van der Waals surface area contributed by atoms with Crippen LogP contribution in [0.2, 0.25) is 0 Å². The summed E-state index contributed by atoms with van der Waals surface area (Å²) in [6.07, 6.45) is 3.62. The first-order chi connectivity index (χ1) is 15.0. The van der Waals surface area contributed by atoms with Crippen LogP contribution in [0.15, 0.2) is 48.0 Å². The highest BCUT2D eigenvalue weighted by Gasteiger charge is 2.49. The molecule has 162 valence electrons. The molecular formula is C24H25NO6. The molecule has 1 atom stereocenters. The molecule has 2 aromatic rings. The lowest BCUT2D eigenvalue weighted by Gasteiger charge is -2.30. The van der Waals surface area contributed by atoms with E-state index in [0.29, 0.717) is 22.6 Å². The van der Waals surface area contributed by atoms with Crippen molar-refractivity contribution in [2.24, 2.45) is 0 Å². The first-order valence-corrected chi connectivity index (χ1v) is 10.3. The summed E-state index contributed by atoms with van der Waals surface area (Å²) < 4.78 is 10.6. The molecule has 2 N–H and O–H groups in total. The third-order valence-corrected chi connectivity index (χ3v) is 6.06. The van der Waals surface area contributed by atoms with Crippen molar-refractivity contribution >= 4 is 17.4 Å². The van der Waals surface area contributed by atoms with Crippen LogP contribution < -0.4 is 9.47 Å². The topological polar surface area (TPSA) is 96.3 Å². The van der Waals surface area contributed by atoms with Gasteiger partial charge >= 0.3 is 0 Å². The predicted molar refractivity (Wildman–Crippen MR) is 114 cm³/mol. The molecule has 1 saturated carbocycles. The van der Waals surface area contributed by atoms with E-state index in [1.807, 2.05) is 0 Å². The summed E-state index contributed by atoms with van der Waals surface area (Å²) in [4.78, 5) is 27.8. The third kappa shape index (κ3) is 3.60. The van der Waals surface area contributed by atoms with Gasteiger partial charge in [0.25, 0.3) is 11.7 Å². The van der Waals surface area contributed by atoms with E-state index in [2.05, 4.69) is 0 Å². The number of aliphatic hydroxyl groups excluding tert-OH is 1. The number of carbonyl (C=O) groups is 2. The lowest BCUT2D eigenvalue weighted by molar-refractivity contribution is -0.141. The Morgan fingerprint density at radius 1 is 0.968 bits per heavy atom. The number of hydrogen-bond acceptors (Lipinski definition) is 6. The van der Waals surface area contributed by atoms with Gasteiger partial charge in [-0.2, -0.15) is 0 Å². The monoisotopic (exact) mass is 423 g/mol. The minimum atomic E-state index is -0.725. The SMILES string of the molecule is COc1ccc(/C(O)=C2/C(=O)C(=O)N(C3CCCC3)C2c2ccc(O)cc2)cc1OC. The molecule has 0 aromatic heterocycles. The molecule has 1 amide bonds. The maximum Gasteiger partial charge on any atom is 0.295 e. The van der Waals surface area contributed by atoms with Gasteiger partial charge < -0.3 is 24.6 Å². The number of phenolic OH excluding ortho intramolecular Hbond substituents is 1. The minimum Gasteiger partial charge on any atom is -0.508 e. The maximum absolute atomic E-state index is 13.1. The molecule has 1 aliphatic carbocycles. The van der Waals surface area contributed by atoms with E-state index in [9.17, 15) is 19.8 Å². The van der Waals surface area contributed by atoms with Gasteiger partial charge in [-0.15, -0.1) is 0 Å². The van der Waals surface area contributed by atoms with Crippen LogP contribution in [0.25, 0.3) is 5.76 Å². The highest BCUT2D eigenvalue weighted by Crippen LogP contribution is 2.44. The number of benzene rings is 2.